The monoisotopic (exact) mass is 266 g/mol. The molecule has 106 valence electrons. The third-order valence-electron chi connectivity index (χ3n) is 3.06. The zero-order chi connectivity index (χ0) is 14.6. The topological polar surface area (TPSA) is 80.5 Å². The standard InChI is InChI=1S/C13H22N4O2/c1-6-13(2,14)12(18)16-10-9(17(3)4)7-8-15-11(10)19-5/h7-8H,6,14H2,1-5H3,(H,16,18). The first-order valence-electron chi connectivity index (χ1n) is 6.14. The SMILES string of the molecule is CCC(C)(N)C(=O)Nc1c(N(C)C)ccnc1OC. The predicted octanol–water partition coefficient (Wildman–Crippen LogP) is 1.22. The summed E-state index contributed by atoms with van der Waals surface area (Å²) in [4.78, 5) is 18.1. The summed E-state index contributed by atoms with van der Waals surface area (Å²) in [7, 11) is 5.27. The van der Waals surface area contributed by atoms with Crippen LogP contribution in [-0.2, 0) is 4.79 Å². The van der Waals surface area contributed by atoms with Gasteiger partial charge in [0.1, 0.15) is 5.69 Å². The molecule has 0 saturated heterocycles. The van der Waals surface area contributed by atoms with Crippen LogP contribution in [0.5, 0.6) is 5.88 Å². The van der Waals surface area contributed by atoms with Crippen molar-refractivity contribution in [1.82, 2.24) is 4.98 Å². The number of anilines is 2. The molecule has 0 saturated carbocycles. The molecule has 1 heterocycles. The average Bonchev–Trinajstić information content (AvgIpc) is 2.38. The Morgan fingerprint density at radius 2 is 2.21 bits per heavy atom. The Hall–Kier alpha value is -1.82. The lowest BCUT2D eigenvalue weighted by molar-refractivity contribution is -0.120. The zero-order valence-electron chi connectivity index (χ0n) is 12.2. The molecule has 6 nitrogen and oxygen atoms in total. The number of amides is 1. The molecular weight excluding hydrogens is 244 g/mol. The first-order chi connectivity index (χ1) is 8.83. The van der Waals surface area contributed by atoms with Gasteiger partial charge in [0.05, 0.1) is 18.3 Å². The third-order valence-corrected chi connectivity index (χ3v) is 3.06. The third kappa shape index (κ3) is 3.35. The van der Waals surface area contributed by atoms with Crippen molar-refractivity contribution in [2.24, 2.45) is 5.73 Å². The Bertz CT molecular complexity index is 458. The van der Waals surface area contributed by atoms with Crippen LogP contribution in [0.1, 0.15) is 20.3 Å². The van der Waals surface area contributed by atoms with E-state index in [-0.39, 0.29) is 5.91 Å². The fraction of sp³-hybridized carbons (Fsp3) is 0.538. The summed E-state index contributed by atoms with van der Waals surface area (Å²) in [6.45, 7) is 3.56. The quantitative estimate of drug-likeness (QED) is 0.837. The van der Waals surface area contributed by atoms with Crippen LogP contribution in [0, 0.1) is 0 Å². The van der Waals surface area contributed by atoms with Gasteiger partial charge in [0.2, 0.25) is 11.8 Å². The minimum absolute atomic E-state index is 0.260. The molecule has 0 aromatic carbocycles. The molecule has 0 fully saturated rings. The lowest BCUT2D eigenvalue weighted by Crippen LogP contribution is -2.48. The molecule has 0 spiro atoms. The van der Waals surface area contributed by atoms with Crippen molar-refractivity contribution in [2.75, 3.05) is 31.4 Å². The minimum Gasteiger partial charge on any atom is -0.479 e. The molecule has 0 radical (unpaired) electrons. The van der Waals surface area contributed by atoms with Crippen LogP contribution in [0.15, 0.2) is 12.3 Å². The smallest absolute Gasteiger partial charge is 0.244 e. The maximum Gasteiger partial charge on any atom is 0.244 e. The number of nitrogens with zero attached hydrogens (tertiary/aromatic N) is 2. The maximum absolute atomic E-state index is 12.2. The van der Waals surface area contributed by atoms with E-state index in [9.17, 15) is 4.79 Å². The number of nitrogens with two attached hydrogens (primary N) is 1. The fourth-order valence-electron chi connectivity index (χ4n) is 1.49. The van der Waals surface area contributed by atoms with Crippen LogP contribution in [0.4, 0.5) is 11.4 Å². The van der Waals surface area contributed by atoms with Gasteiger partial charge in [-0.1, -0.05) is 6.92 Å². The Balaban J connectivity index is 3.15. The lowest BCUT2D eigenvalue weighted by Gasteiger charge is -2.24. The number of carbonyl (C=O) groups excluding carboxylic acids is 1. The highest BCUT2D eigenvalue weighted by Gasteiger charge is 2.28. The van der Waals surface area contributed by atoms with Gasteiger partial charge >= 0.3 is 0 Å². The van der Waals surface area contributed by atoms with Gasteiger partial charge in [-0.2, -0.15) is 0 Å². The summed E-state index contributed by atoms with van der Waals surface area (Å²) in [5.41, 5.74) is 6.36. The molecule has 1 amide bonds. The summed E-state index contributed by atoms with van der Waals surface area (Å²) in [5, 5.41) is 2.81. The molecular formula is C13H22N4O2. The minimum atomic E-state index is -0.926. The fourth-order valence-corrected chi connectivity index (χ4v) is 1.49. The molecule has 0 aliphatic rings. The van der Waals surface area contributed by atoms with E-state index >= 15 is 0 Å². The summed E-state index contributed by atoms with van der Waals surface area (Å²) >= 11 is 0. The number of hydrogen-bond donors (Lipinski definition) is 2. The highest BCUT2D eigenvalue weighted by atomic mass is 16.5. The van der Waals surface area contributed by atoms with Crippen molar-refractivity contribution in [1.29, 1.82) is 0 Å². The summed E-state index contributed by atoms with van der Waals surface area (Å²) < 4.78 is 5.19. The van der Waals surface area contributed by atoms with Crippen LogP contribution in [0.3, 0.4) is 0 Å². The van der Waals surface area contributed by atoms with Crippen molar-refractivity contribution in [2.45, 2.75) is 25.8 Å². The van der Waals surface area contributed by atoms with Gasteiger partial charge in [-0.25, -0.2) is 4.98 Å². The van der Waals surface area contributed by atoms with E-state index in [1.54, 1.807) is 19.2 Å². The summed E-state index contributed by atoms with van der Waals surface area (Å²) in [5.74, 6) is 0.107. The van der Waals surface area contributed by atoms with Crippen molar-refractivity contribution in [3.8, 4) is 5.88 Å². The normalized spacial score (nSPS) is 13.6. The summed E-state index contributed by atoms with van der Waals surface area (Å²) in [6, 6.07) is 1.80. The van der Waals surface area contributed by atoms with E-state index in [0.29, 0.717) is 18.0 Å². The molecule has 3 N–H and O–H groups in total. The van der Waals surface area contributed by atoms with E-state index in [4.69, 9.17) is 10.5 Å². The van der Waals surface area contributed by atoms with Crippen molar-refractivity contribution >= 4 is 17.3 Å². The van der Waals surface area contributed by atoms with Crippen LogP contribution in [0.2, 0.25) is 0 Å². The highest BCUT2D eigenvalue weighted by molar-refractivity contribution is 6.01. The van der Waals surface area contributed by atoms with Crippen molar-refractivity contribution < 1.29 is 9.53 Å². The molecule has 1 aromatic heterocycles. The predicted molar refractivity (Wildman–Crippen MR) is 76.6 cm³/mol. The molecule has 0 aliphatic carbocycles. The number of aromatic nitrogens is 1. The maximum atomic E-state index is 12.2. The van der Waals surface area contributed by atoms with Gasteiger partial charge in [0.15, 0.2) is 0 Å². The number of rotatable bonds is 5. The number of nitrogens with one attached hydrogen (secondary N) is 1. The largest absolute Gasteiger partial charge is 0.479 e. The molecule has 19 heavy (non-hydrogen) atoms. The van der Waals surface area contributed by atoms with Gasteiger partial charge in [-0.3, -0.25) is 4.79 Å². The first-order valence-corrected chi connectivity index (χ1v) is 6.14. The van der Waals surface area contributed by atoms with Crippen LogP contribution < -0.4 is 20.7 Å². The molecule has 0 bridgehead atoms. The Morgan fingerprint density at radius 1 is 1.58 bits per heavy atom. The highest BCUT2D eigenvalue weighted by Crippen LogP contribution is 2.32. The van der Waals surface area contributed by atoms with Crippen LogP contribution >= 0.6 is 0 Å². The number of carbonyl (C=O) groups is 1. The van der Waals surface area contributed by atoms with Crippen molar-refractivity contribution in [3.05, 3.63) is 12.3 Å². The molecule has 1 unspecified atom stereocenters. The first kappa shape index (κ1) is 15.2. The molecule has 1 rings (SSSR count). The average molecular weight is 266 g/mol. The number of ether oxygens (including phenoxy) is 1. The van der Waals surface area contributed by atoms with Gasteiger partial charge in [-0.15, -0.1) is 0 Å². The molecule has 0 aliphatic heterocycles. The second kappa shape index (κ2) is 5.88. The molecule has 1 atom stereocenters. The van der Waals surface area contributed by atoms with E-state index in [0.717, 1.165) is 5.69 Å². The number of hydrogen-bond acceptors (Lipinski definition) is 5. The van der Waals surface area contributed by atoms with Crippen LogP contribution in [-0.4, -0.2) is 37.6 Å². The van der Waals surface area contributed by atoms with E-state index < -0.39 is 5.54 Å². The van der Waals surface area contributed by atoms with Gasteiger partial charge in [0, 0.05) is 20.3 Å². The van der Waals surface area contributed by atoms with E-state index in [1.807, 2.05) is 25.9 Å². The van der Waals surface area contributed by atoms with Gasteiger partial charge in [-0.05, 0) is 19.4 Å². The summed E-state index contributed by atoms with van der Waals surface area (Å²) in [6.07, 6.45) is 2.17. The van der Waals surface area contributed by atoms with Crippen molar-refractivity contribution in [3.63, 3.8) is 0 Å². The van der Waals surface area contributed by atoms with E-state index in [1.165, 1.54) is 7.11 Å². The van der Waals surface area contributed by atoms with Gasteiger partial charge in [0.25, 0.3) is 0 Å². The number of pyridine rings is 1. The second-order valence-corrected chi connectivity index (χ2v) is 4.83. The second-order valence-electron chi connectivity index (χ2n) is 4.83. The van der Waals surface area contributed by atoms with Gasteiger partial charge < -0.3 is 20.7 Å². The van der Waals surface area contributed by atoms with Crippen LogP contribution in [0.25, 0.3) is 0 Å². The Kier molecular flexibility index (Phi) is 4.72. The zero-order valence-corrected chi connectivity index (χ0v) is 12.2. The number of methoxy groups -OCH3 is 1. The Labute approximate surface area is 113 Å². The molecule has 1 aromatic rings. The Morgan fingerprint density at radius 3 is 2.68 bits per heavy atom. The van der Waals surface area contributed by atoms with E-state index in [2.05, 4.69) is 10.3 Å². The molecule has 6 heteroatoms. The lowest BCUT2D eigenvalue weighted by atomic mass is 9.99.